The van der Waals surface area contributed by atoms with Gasteiger partial charge in [0.2, 0.25) is 5.91 Å². The number of thioether (sulfide) groups is 1. The molecule has 5 nitrogen and oxygen atoms in total. The van der Waals surface area contributed by atoms with Crippen LogP contribution in [0.25, 0.3) is 0 Å². The van der Waals surface area contributed by atoms with Gasteiger partial charge < -0.3 is 9.80 Å². The third-order valence-corrected chi connectivity index (χ3v) is 6.37. The van der Waals surface area contributed by atoms with Crippen molar-refractivity contribution in [2.75, 3.05) is 16.1 Å². The normalized spacial score (nSPS) is 17.7. The van der Waals surface area contributed by atoms with Crippen molar-refractivity contribution >= 4 is 35.0 Å². The SMILES string of the molecule is CSc1ncccc1C(=O)N1c2ccccc2[C@@H](N(C(C)=O)c2ccccc2)C[C@H]1C. The Labute approximate surface area is 187 Å². The van der Waals surface area contributed by atoms with Crippen molar-refractivity contribution in [1.29, 1.82) is 0 Å². The minimum Gasteiger partial charge on any atom is -0.305 e. The number of anilines is 2. The maximum Gasteiger partial charge on any atom is 0.261 e. The number of amides is 2. The Morgan fingerprint density at radius 3 is 2.45 bits per heavy atom. The van der Waals surface area contributed by atoms with Gasteiger partial charge in [0.05, 0.1) is 11.6 Å². The van der Waals surface area contributed by atoms with Gasteiger partial charge in [0.1, 0.15) is 5.03 Å². The number of carbonyl (C=O) groups excluding carboxylic acids is 2. The predicted octanol–water partition coefficient (Wildman–Crippen LogP) is 5.34. The summed E-state index contributed by atoms with van der Waals surface area (Å²) < 4.78 is 0. The fourth-order valence-electron chi connectivity index (χ4n) is 4.35. The lowest BCUT2D eigenvalue weighted by atomic mass is 9.89. The molecule has 2 atom stereocenters. The zero-order valence-electron chi connectivity index (χ0n) is 17.9. The summed E-state index contributed by atoms with van der Waals surface area (Å²) in [7, 11) is 0. The first-order valence-corrected chi connectivity index (χ1v) is 11.5. The molecule has 0 radical (unpaired) electrons. The fourth-order valence-corrected chi connectivity index (χ4v) is 4.89. The molecule has 0 N–H and O–H groups in total. The second kappa shape index (κ2) is 8.94. The summed E-state index contributed by atoms with van der Waals surface area (Å²) in [6.45, 7) is 3.64. The van der Waals surface area contributed by atoms with Gasteiger partial charge in [-0.1, -0.05) is 36.4 Å². The average molecular weight is 432 g/mol. The summed E-state index contributed by atoms with van der Waals surface area (Å²) in [6.07, 6.45) is 4.27. The van der Waals surface area contributed by atoms with E-state index in [1.165, 1.54) is 11.8 Å². The van der Waals surface area contributed by atoms with Gasteiger partial charge in [-0.3, -0.25) is 9.59 Å². The molecule has 2 amide bonds. The minimum absolute atomic E-state index is 0.0186. The van der Waals surface area contributed by atoms with Crippen LogP contribution in [0, 0.1) is 0 Å². The van der Waals surface area contributed by atoms with Crippen LogP contribution in [0.4, 0.5) is 11.4 Å². The van der Waals surface area contributed by atoms with Gasteiger partial charge in [-0.25, -0.2) is 4.98 Å². The molecule has 1 aromatic heterocycles. The summed E-state index contributed by atoms with van der Waals surface area (Å²) in [5.41, 5.74) is 3.28. The van der Waals surface area contributed by atoms with E-state index in [-0.39, 0.29) is 23.9 Å². The molecule has 0 unspecified atom stereocenters. The Hall–Kier alpha value is -3.12. The van der Waals surface area contributed by atoms with Gasteiger partial charge in [0.15, 0.2) is 0 Å². The maximum atomic E-state index is 13.6. The molecular weight excluding hydrogens is 406 g/mol. The zero-order valence-corrected chi connectivity index (χ0v) is 18.7. The Morgan fingerprint density at radius 2 is 1.74 bits per heavy atom. The Balaban J connectivity index is 1.80. The topological polar surface area (TPSA) is 53.5 Å². The van der Waals surface area contributed by atoms with Crippen molar-refractivity contribution in [2.24, 2.45) is 0 Å². The highest BCUT2D eigenvalue weighted by Crippen LogP contribution is 2.43. The summed E-state index contributed by atoms with van der Waals surface area (Å²) in [5, 5.41) is 0.717. The first-order valence-electron chi connectivity index (χ1n) is 10.3. The van der Waals surface area contributed by atoms with Crippen LogP contribution in [0.15, 0.2) is 78.0 Å². The number of pyridine rings is 1. The molecule has 0 aliphatic carbocycles. The van der Waals surface area contributed by atoms with Crippen LogP contribution in [0.3, 0.4) is 0 Å². The lowest BCUT2D eigenvalue weighted by Gasteiger charge is -2.43. The quantitative estimate of drug-likeness (QED) is 0.524. The van der Waals surface area contributed by atoms with Crippen molar-refractivity contribution in [2.45, 2.75) is 37.4 Å². The number of para-hydroxylation sites is 2. The van der Waals surface area contributed by atoms with Crippen molar-refractivity contribution in [3.8, 4) is 0 Å². The van der Waals surface area contributed by atoms with E-state index < -0.39 is 0 Å². The standard InChI is InChI=1S/C25H25N3O2S/c1-17-16-23(28(18(2)29)19-10-5-4-6-11-19)20-12-7-8-14-22(20)27(17)25(30)21-13-9-15-26-24(21)31-3/h4-15,17,23H,16H2,1-3H3/t17-,23+/m1/s1. The van der Waals surface area contributed by atoms with E-state index in [9.17, 15) is 9.59 Å². The van der Waals surface area contributed by atoms with E-state index in [1.54, 1.807) is 19.2 Å². The molecule has 158 valence electrons. The predicted molar refractivity (Wildman–Crippen MR) is 126 cm³/mol. The summed E-state index contributed by atoms with van der Waals surface area (Å²) >= 11 is 1.47. The van der Waals surface area contributed by atoms with Crippen LogP contribution in [-0.2, 0) is 4.79 Å². The van der Waals surface area contributed by atoms with E-state index in [4.69, 9.17) is 0 Å². The summed E-state index contributed by atoms with van der Waals surface area (Å²) in [4.78, 5) is 34.4. The molecule has 6 heteroatoms. The van der Waals surface area contributed by atoms with Crippen LogP contribution >= 0.6 is 11.8 Å². The lowest BCUT2D eigenvalue weighted by molar-refractivity contribution is -0.117. The zero-order chi connectivity index (χ0) is 22.0. The number of hydrogen-bond donors (Lipinski definition) is 0. The molecule has 2 heterocycles. The number of carbonyl (C=O) groups is 2. The first kappa shape index (κ1) is 21.1. The van der Waals surface area contributed by atoms with Gasteiger partial charge >= 0.3 is 0 Å². The first-order chi connectivity index (χ1) is 15.0. The monoisotopic (exact) mass is 431 g/mol. The number of hydrogen-bond acceptors (Lipinski definition) is 4. The van der Waals surface area contributed by atoms with Crippen LogP contribution in [-0.4, -0.2) is 29.1 Å². The number of aromatic nitrogens is 1. The van der Waals surface area contributed by atoms with Gasteiger partial charge in [0.25, 0.3) is 5.91 Å². The summed E-state index contributed by atoms with van der Waals surface area (Å²) in [5.74, 6) is -0.0835. The third kappa shape index (κ3) is 3.95. The van der Waals surface area contributed by atoms with Gasteiger partial charge in [-0.2, -0.15) is 0 Å². The van der Waals surface area contributed by atoms with Crippen molar-refractivity contribution in [3.63, 3.8) is 0 Å². The smallest absolute Gasteiger partial charge is 0.261 e. The van der Waals surface area contributed by atoms with Crippen LogP contribution < -0.4 is 9.80 Å². The van der Waals surface area contributed by atoms with Crippen molar-refractivity contribution in [1.82, 2.24) is 4.98 Å². The summed E-state index contributed by atoms with van der Waals surface area (Å²) in [6, 6.07) is 21.0. The fraction of sp³-hybridized carbons (Fsp3) is 0.240. The van der Waals surface area contributed by atoms with Crippen molar-refractivity contribution < 1.29 is 9.59 Å². The minimum atomic E-state index is -0.149. The number of rotatable bonds is 4. The Morgan fingerprint density at radius 1 is 1.03 bits per heavy atom. The van der Waals surface area contributed by atoms with E-state index in [2.05, 4.69) is 4.98 Å². The van der Waals surface area contributed by atoms with E-state index >= 15 is 0 Å². The van der Waals surface area contributed by atoms with E-state index in [1.807, 2.05) is 83.6 Å². The van der Waals surface area contributed by atoms with Crippen LogP contribution in [0.2, 0.25) is 0 Å². The molecule has 0 fully saturated rings. The van der Waals surface area contributed by atoms with E-state index in [0.29, 0.717) is 17.0 Å². The third-order valence-electron chi connectivity index (χ3n) is 5.66. The Bertz CT molecular complexity index is 1100. The highest BCUT2D eigenvalue weighted by atomic mass is 32.2. The highest BCUT2D eigenvalue weighted by molar-refractivity contribution is 7.98. The molecule has 0 saturated heterocycles. The average Bonchev–Trinajstić information content (AvgIpc) is 2.79. The molecule has 0 spiro atoms. The van der Waals surface area contributed by atoms with Crippen LogP contribution in [0.5, 0.6) is 0 Å². The van der Waals surface area contributed by atoms with Gasteiger partial charge in [-0.15, -0.1) is 11.8 Å². The second-order valence-electron chi connectivity index (χ2n) is 7.62. The van der Waals surface area contributed by atoms with E-state index in [0.717, 1.165) is 16.9 Å². The molecule has 3 aromatic rings. The number of benzene rings is 2. The Kier molecular flexibility index (Phi) is 6.09. The van der Waals surface area contributed by atoms with Crippen molar-refractivity contribution in [3.05, 3.63) is 84.1 Å². The molecule has 4 rings (SSSR count). The molecule has 2 aromatic carbocycles. The largest absolute Gasteiger partial charge is 0.305 e. The molecule has 0 saturated carbocycles. The number of nitrogens with zero attached hydrogens (tertiary/aromatic N) is 3. The van der Waals surface area contributed by atoms with Gasteiger partial charge in [-0.05, 0) is 55.5 Å². The number of fused-ring (bicyclic) bond motifs is 1. The molecular formula is C25H25N3O2S. The highest BCUT2D eigenvalue weighted by Gasteiger charge is 2.38. The lowest BCUT2D eigenvalue weighted by Crippen LogP contribution is -2.47. The molecule has 1 aliphatic heterocycles. The maximum absolute atomic E-state index is 13.6. The van der Waals surface area contributed by atoms with Crippen LogP contribution in [0.1, 0.15) is 42.2 Å². The molecule has 31 heavy (non-hydrogen) atoms. The molecule has 1 aliphatic rings. The van der Waals surface area contributed by atoms with Gasteiger partial charge in [0, 0.05) is 30.5 Å². The molecule has 0 bridgehead atoms. The second-order valence-corrected chi connectivity index (χ2v) is 8.41.